The Labute approximate surface area is 120 Å². The second kappa shape index (κ2) is 5.74. The average molecular weight is 340 g/mol. The van der Waals surface area contributed by atoms with Crippen molar-refractivity contribution in [1.29, 1.82) is 0 Å². The highest BCUT2D eigenvalue weighted by Crippen LogP contribution is 2.19. The van der Waals surface area contributed by atoms with Gasteiger partial charge in [0.2, 0.25) is 5.82 Å². The van der Waals surface area contributed by atoms with Crippen LogP contribution < -0.4 is 5.32 Å². The molecule has 0 aliphatic rings. The van der Waals surface area contributed by atoms with Crippen LogP contribution in [0, 0.1) is 15.9 Å². The zero-order valence-corrected chi connectivity index (χ0v) is 11.4. The number of halogens is 2. The molecule has 20 heavy (non-hydrogen) atoms. The summed E-state index contributed by atoms with van der Waals surface area (Å²) < 4.78 is 13.9. The number of amides is 1. The summed E-state index contributed by atoms with van der Waals surface area (Å²) in [6.45, 7) is 0. The van der Waals surface area contributed by atoms with Crippen molar-refractivity contribution in [2.45, 2.75) is 0 Å². The fourth-order valence-corrected chi connectivity index (χ4v) is 1.67. The van der Waals surface area contributed by atoms with Crippen LogP contribution in [0.15, 0.2) is 41.0 Å². The van der Waals surface area contributed by atoms with E-state index < -0.39 is 22.3 Å². The molecular formula is C12H7BrFN3O3. The molecule has 102 valence electrons. The van der Waals surface area contributed by atoms with Crippen molar-refractivity contribution in [3.8, 4) is 0 Å². The third-order valence-corrected chi connectivity index (χ3v) is 2.84. The number of hydrogen-bond acceptors (Lipinski definition) is 4. The zero-order valence-electron chi connectivity index (χ0n) is 9.84. The molecule has 0 spiro atoms. The minimum atomic E-state index is -0.992. The van der Waals surface area contributed by atoms with Crippen molar-refractivity contribution in [3.63, 3.8) is 0 Å². The SMILES string of the molecule is O=C(Nc1ccc(Br)cn1)c1ccc(F)c([N+](=O)[O-])c1. The van der Waals surface area contributed by atoms with E-state index in [0.29, 0.717) is 0 Å². The molecule has 1 aromatic carbocycles. The molecule has 0 bridgehead atoms. The smallest absolute Gasteiger partial charge is 0.305 e. The van der Waals surface area contributed by atoms with Crippen LogP contribution >= 0.6 is 15.9 Å². The predicted molar refractivity (Wildman–Crippen MR) is 72.9 cm³/mol. The van der Waals surface area contributed by atoms with Gasteiger partial charge < -0.3 is 5.32 Å². The van der Waals surface area contributed by atoms with Gasteiger partial charge in [0.25, 0.3) is 5.91 Å². The van der Waals surface area contributed by atoms with Gasteiger partial charge in [0.05, 0.1) is 4.92 Å². The number of benzene rings is 1. The number of hydrogen-bond donors (Lipinski definition) is 1. The van der Waals surface area contributed by atoms with Gasteiger partial charge in [0.15, 0.2) is 0 Å². The molecule has 0 radical (unpaired) electrons. The number of carbonyl (C=O) groups is 1. The molecule has 0 saturated heterocycles. The van der Waals surface area contributed by atoms with Gasteiger partial charge in [-0.05, 0) is 40.2 Å². The lowest BCUT2D eigenvalue weighted by Crippen LogP contribution is -2.13. The molecule has 1 heterocycles. The van der Waals surface area contributed by atoms with Gasteiger partial charge in [-0.2, -0.15) is 4.39 Å². The van der Waals surface area contributed by atoms with E-state index >= 15 is 0 Å². The molecule has 6 nitrogen and oxygen atoms in total. The van der Waals surface area contributed by atoms with Crippen molar-refractivity contribution in [1.82, 2.24) is 4.98 Å². The van der Waals surface area contributed by atoms with Gasteiger partial charge >= 0.3 is 5.69 Å². The second-order valence-electron chi connectivity index (χ2n) is 3.74. The highest BCUT2D eigenvalue weighted by atomic mass is 79.9. The minimum Gasteiger partial charge on any atom is -0.307 e. The van der Waals surface area contributed by atoms with E-state index in [1.165, 1.54) is 6.20 Å². The van der Waals surface area contributed by atoms with Crippen LogP contribution in [0.25, 0.3) is 0 Å². The van der Waals surface area contributed by atoms with Crippen molar-refractivity contribution in [2.75, 3.05) is 5.32 Å². The first kappa shape index (κ1) is 14.1. The van der Waals surface area contributed by atoms with Crippen molar-refractivity contribution < 1.29 is 14.1 Å². The summed E-state index contributed by atoms with van der Waals surface area (Å²) in [5.74, 6) is -1.32. The monoisotopic (exact) mass is 339 g/mol. The van der Waals surface area contributed by atoms with Crippen LogP contribution in [0.5, 0.6) is 0 Å². The standard InChI is InChI=1S/C12H7BrFN3O3/c13-8-2-4-11(15-6-8)16-12(18)7-1-3-9(14)10(5-7)17(19)20/h1-6H,(H,15,16,18). The number of carbonyl (C=O) groups excluding carboxylic acids is 1. The quantitative estimate of drug-likeness (QED) is 0.687. The number of aromatic nitrogens is 1. The Hall–Kier alpha value is -2.35. The molecule has 0 saturated carbocycles. The molecule has 1 N–H and O–H groups in total. The fraction of sp³-hybridized carbons (Fsp3) is 0. The van der Waals surface area contributed by atoms with E-state index in [9.17, 15) is 19.3 Å². The van der Waals surface area contributed by atoms with Gasteiger partial charge in [0, 0.05) is 22.3 Å². The second-order valence-corrected chi connectivity index (χ2v) is 4.65. The molecule has 0 fully saturated rings. The molecule has 0 aliphatic heterocycles. The van der Waals surface area contributed by atoms with Crippen LogP contribution in [0.4, 0.5) is 15.9 Å². The molecule has 2 rings (SSSR count). The molecule has 0 aliphatic carbocycles. The molecular weight excluding hydrogens is 333 g/mol. The summed E-state index contributed by atoms with van der Waals surface area (Å²) >= 11 is 3.20. The minimum absolute atomic E-state index is 0.0252. The Morgan fingerprint density at radius 2 is 2.10 bits per heavy atom. The fourth-order valence-electron chi connectivity index (χ4n) is 1.43. The lowest BCUT2D eigenvalue weighted by Gasteiger charge is -2.04. The number of nitrogens with one attached hydrogen (secondary N) is 1. The first-order chi connectivity index (χ1) is 9.47. The van der Waals surface area contributed by atoms with E-state index in [-0.39, 0.29) is 11.4 Å². The Kier molecular flexibility index (Phi) is 4.04. The highest BCUT2D eigenvalue weighted by molar-refractivity contribution is 9.10. The summed E-state index contributed by atoms with van der Waals surface area (Å²) in [5, 5.41) is 13.1. The zero-order chi connectivity index (χ0) is 14.7. The summed E-state index contributed by atoms with van der Waals surface area (Å²) in [4.78, 5) is 25.5. The van der Waals surface area contributed by atoms with E-state index in [0.717, 1.165) is 22.7 Å². The van der Waals surface area contributed by atoms with E-state index in [2.05, 4.69) is 26.2 Å². The van der Waals surface area contributed by atoms with Gasteiger partial charge in [-0.3, -0.25) is 14.9 Å². The maximum atomic E-state index is 13.2. The van der Waals surface area contributed by atoms with Crippen molar-refractivity contribution in [3.05, 3.63) is 62.5 Å². The molecule has 0 unspecified atom stereocenters. The normalized spacial score (nSPS) is 10.1. The van der Waals surface area contributed by atoms with Gasteiger partial charge in [0.1, 0.15) is 5.82 Å². The third-order valence-electron chi connectivity index (χ3n) is 2.37. The maximum Gasteiger partial charge on any atom is 0.305 e. The highest BCUT2D eigenvalue weighted by Gasteiger charge is 2.17. The summed E-state index contributed by atoms with van der Waals surface area (Å²) in [6.07, 6.45) is 1.49. The summed E-state index contributed by atoms with van der Waals surface area (Å²) in [5.41, 5.74) is -0.774. The molecule has 8 heteroatoms. The van der Waals surface area contributed by atoms with Crippen LogP contribution in [0.2, 0.25) is 0 Å². The third kappa shape index (κ3) is 3.15. The lowest BCUT2D eigenvalue weighted by molar-refractivity contribution is -0.387. The first-order valence-electron chi connectivity index (χ1n) is 5.34. The van der Waals surface area contributed by atoms with Gasteiger partial charge in [-0.25, -0.2) is 4.98 Å². The van der Waals surface area contributed by atoms with Crippen LogP contribution in [-0.4, -0.2) is 15.8 Å². The van der Waals surface area contributed by atoms with Crippen molar-refractivity contribution in [2.24, 2.45) is 0 Å². The topological polar surface area (TPSA) is 85.1 Å². The Balaban J connectivity index is 2.23. The first-order valence-corrected chi connectivity index (χ1v) is 6.13. The van der Waals surface area contributed by atoms with E-state index in [1.807, 2.05) is 0 Å². The number of pyridine rings is 1. The van der Waals surface area contributed by atoms with Crippen LogP contribution in [0.1, 0.15) is 10.4 Å². The summed E-state index contributed by atoms with van der Waals surface area (Å²) in [7, 11) is 0. The number of anilines is 1. The number of nitro groups is 1. The van der Waals surface area contributed by atoms with E-state index in [1.54, 1.807) is 12.1 Å². The van der Waals surface area contributed by atoms with Gasteiger partial charge in [-0.1, -0.05) is 0 Å². The Morgan fingerprint density at radius 1 is 1.35 bits per heavy atom. The largest absolute Gasteiger partial charge is 0.307 e. The van der Waals surface area contributed by atoms with Crippen molar-refractivity contribution >= 4 is 33.3 Å². The average Bonchev–Trinajstić information content (AvgIpc) is 2.41. The van der Waals surface area contributed by atoms with Gasteiger partial charge in [-0.15, -0.1) is 0 Å². The Morgan fingerprint density at radius 3 is 2.70 bits per heavy atom. The molecule has 0 atom stereocenters. The van der Waals surface area contributed by atoms with Crippen LogP contribution in [-0.2, 0) is 0 Å². The summed E-state index contributed by atoms with van der Waals surface area (Å²) in [6, 6.07) is 6.15. The number of rotatable bonds is 3. The number of nitro benzene ring substituents is 1. The lowest BCUT2D eigenvalue weighted by atomic mass is 10.2. The molecule has 1 amide bonds. The maximum absolute atomic E-state index is 13.2. The Bertz CT molecular complexity index is 676. The predicted octanol–water partition coefficient (Wildman–Crippen LogP) is 3.14. The molecule has 2 aromatic rings. The number of nitrogens with zero attached hydrogens (tertiary/aromatic N) is 2. The molecule has 1 aromatic heterocycles. The van der Waals surface area contributed by atoms with Crippen LogP contribution in [0.3, 0.4) is 0 Å². The van der Waals surface area contributed by atoms with E-state index in [4.69, 9.17) is 0 Å².